The lowest BCUT2D eigenvalue weighted by atomic mass is 10.1. The lowest BCUT2D eigenvalue weighted by molar-refractivity contribution is 0.0658. The molecule has 0 aliphatic rings. The number of halogens is 8. The standard InChI is InChI=1S/C52H24Br8N2O18/c53-25-11-31(45(65)66)39(35(57)15-25)77-49(73)21-5-22(50(74)78-40-32(46(67)68)12-26(54)16-36(40)58)8-29(7-21)61-43(63)19-1-2-20(4-3-19)44(64)62-30-9-23(51(75)79-41-33(47(69)70)13-27(55)17-37(41)59)6-24(10-30)52(76)80-42-34(48(71)72)14-28(56)18-38(42)60/h1-18H,(H,61,63)(H,62,64)(H,65,66)(H,67,68)(H,69,70)(H,71,72). The predicted molar refractivity (Wildman–Crippen MR) is 310 cm³/mol. The van der Waals surface area contributed by atoms with Gasteiger partial charge in [0.15, 0.2) is 23.0 Å². The van der Waals surface area contributed by atoms with Crippen molar-refractivity contribution in [1.29, 1.82) is 0 Å². The second kappa shape index (κ2) is 25.7. The molecule has 28 heteroatoms. The molecule has 7 aromatic rings. The number of ether oxygens (including phenoxy) is 4. The number of hydrogen-bond donors (Lipinski definition) is 6. The van der Waals surface area contributed by atoms with Gasteiger partial charge in [0.05, 0.1) is 40.1 Å². The Balaban J connectivity index is 1.18. The second-order valence-corrected chi connectivity index (χ2v) is 23.0. The highest BCUT2D eigenvalue weighted by atomic mass is 79.9. The average molecular weight is 1600 g/mol. The number of carbonyl (C=O) groups excluding carboxylic acids is 6. The van der Waals surface area contributed by atoms with E-state index in [1.54, 1.807) is 0 Å². The van der Waals surface area contributed by atoms with Crippen LogP contribution in [0.2, 0.25) is 0 Å². The third kappa shape index (κ3) is 14.5. The van der Waals surface area contributed by atoms with Crippen LogP contribution in [0.5, 0.6) is 23.0 Å². The summed E-state index contributed by atoms with van der Waals surface area (Å²) in [6.45, 7) is 0. The number of carbonyl (C=O) groups is 10. The molecule has 0 fully saturated rings. The summed E-state index contributed by atoms with van der Waals surface area (Å²) in [5, 5.41) is 44.5. The molecule has 0 saturated carbocycles. The zero-order chi connectivity index (χ0) is 58.6. The van der Waals surface area contributed by atoms with E-state index in [0.717, 1.165) is 36.4 Å². The van der Waals surface area contributed by atoms with Crippen LogP contribution in [0.1, 0.15) is 104 Å². The molecule has 80 heavy (non-hydrogen) atoms. The number of esters is 4. The summed E-state index contributed by atoms with van der Waals surface area (Å²) in [7, 11) is 0. The SMILES string of the molecule is O=C(Nc1cc(C(=O)Oc2c(Br)cc(Br)cc2C(=O)O)cc(C(=O)Oc2c(Br)cc(Br)cc2C(=O)O)c1)c1ccc(C(=O)Nc2cc(C(=O)Oc3c(Br)cc(Br)cc3C(=O)O)cc(C(=O)Oc3c(Br)cc(Br)cc3C(=O)O)c2)cc1. The van der Waals surface area contributed by atoms with Gasteiger partial charge in [-0.05, 0) is 173 Å². The summed E-state index contributed by atoms with van der Waals surface area (Å²) in [5.74, 6) is -14.2. The van der Waals surface area contributed by atoms with Crippen LogP contribution < -0.4 is 29.6 Å². The summed E-state index contributed by atoms with van der Waals surface area (Å²) >= 11 is 25.4. The highest BCUT2D eigenvalue weighted by molar-refractivity contribution is 9.12. The van der Waals surface area contributed by atoms with Crippen LogP contribution >= 0.6 is 127 Å². The van der Waals surface area contributed by atoms with Gasteiger partial charge in [0, 0.05) is 40.4 Å². The first-order valence-corrected chi connectivity index (χ1v) is 27.8. The molecule has 0 aromatic heterocycles. The summed E-state index contributed by atoms with van der Waals surface area (Å²) in [4.78, 5) is 131. The Hall–Kier alpha value is -6.92. The fourth-order valence-corrected chi connectivity index (χ4v) is 12.2. The minimum Gasteiger partial charge on any atom is -0.478 e. The normalized spacial score (nSPS) is 10.7. The van der Waals surface area contributed by atoms with Crippen molar-refractivity contribution >= 4 is 198 Å². The molecule has 0 atom stereocenters. The molecule has 0 aliphatic heterocycles. The Morgan fingerprint density at radius 2 is 0.512 bits per heavy atom. The molecule has 6 N–H and O–H groups in total. The van der Waals surface area contributed by atoms with Crippen LogP contribution in [0.3, 0.4) is 0 Å². The monoisotopic (exact) mass is 1600 g/mol. The van der Waals surface area contributed by atoms with Gasteiger partial charge in [-0.25, -0.2) is 38.4 Å². The largest absolute Gasteiger partial charge is 0.478 e. The van der Waals surface area contributed by atoms with Crippen molar-refractivity contribution in [2.24, 2.45) is 0 Å². The van der Waals surface area contributed by atoms with Gasteiger partial charge < -0.3 is 50.0 Å². The van der Waals surface area contributed by atoms with Crippen LogP contribution in [-0.4, -0.2) is 80.0 Å². The summed E-state index contributed by atoms with van der Waals surface area (Å²) in [5.41, 5.74) is -4.12. The van der Waals surface area contributed by atoms with E-state index in [0.29, 0.717) is 17.9 Å². The number of carboxylic acids is 4. The van der Waals surface area contributed by atoms with E-state index in [1.807, 2.05) is 0 Å². The molecule has 20 nitrogen and oxygen atoms in total. The smallest absolute Gasteiger partial charge is 0.343 e. The maximum Gasteiger partial charge on any atom is 0.343 e. The molecule has 0 bridgehead atoms. The van der Waals surface area contributed by atoms with E-state index in [-0.39, 0.29) is 40.4 Å². The van der Waals surface area contributed by atoms with E-state index in [2.05, 4.69) is 138 Å². The first-order valence-electron chi connectivity index (χ1n) is 21.5. The molecule has 0 radical (unpaired) electrons. The van der Waals surface area contributed by atoms with Crippen molar-refractivity contribution in [3.63, 3.8) is 0 Å². The molecular formula is C52H24Br8N2O18. The number of aromatic carboxylic acids is 4. The summed E-state index contributed by atoms with van der Waals surface area (Å²) in [6, 6.07) is 21.5. The average Bonchev–Trinajstić information content (AvgIpc) is 3.44. The quantitative estimate of drug-likeness (QED) is 0.0387. The predicted octanol–water partition coefficient (Wildman–Crippen LogP) is 14.0. The molecular weight excluding hydrogens is 1580 g/mol. The van der Waals surface area contributed by atoms with Gasteiger partial charge in [-0.1, -0.05) is 63.7 Å². The van der Waals surface area contributed by atoms with Crippen LogP contribution in [-0.2, 0) is 0 Å². The number of benzene rings is 7. The van der Waals surface area contributed by atoms with E-state index < -0.39 is 127 Å². The van der Waals surface area contributed by atoms with Crippen LogP contribution in [0.4, 0.5) is 11.4 Å². The fraction of sp³-hybridized carbons (Fsp3) is 0. The number of hydrogen-bond acceptors (Lipinski definition) is 14. The lowest BCUT2D eigenvalue weighted by Crippen LogP contribution is -2.18. The molecule has 406 valence electrons. The van der Waals surface area contributed by atoms with Gasteiger partial charge in [-0.15, -0.1) is 0 Å². The number of rotatable bonds is 16. The molecule has 0 saturated heterocycles. The first kappa shape index (κ1) is 60.7. The van der Waals surface area contributed by atoms with Gasteiger partial charge in [0.2, 0.25) is 0 Å². The molecule has 0 unspecified atom stereocenters. The van der Waals surface area contributed by atoms with E-state index in [1.165, 1.54) is 72.8 Å². The number of carboxylic acid groups (broad SMARTS) is 4. The minimum absolute atomic E-state index is 0.0466. The van der Waals surface area contributed by atoms with Crippen LogP contribution in [0, 0.1) is 0 Å². The third-order valence-electron chi connectivity index (χ3n) is 10.5. The number of amides is 2. The van der Waals surface area contributed by atoms with E-state index in [9.17, 15) is 68.4 Å². The molecule has 0 heterocycles. The van der Waals surface area contributed by atoms with Crippen LogP contribution in [0.25, 0.3) is 0 Å². The summed E-state index contributed by atoms with van der Waals surface area (Å²) < 4.78 is 23.4. The van der Waals surface area contributed by atoms with Gasteiger partial charge in [-0.3, -0.25) is 9.59 Å². The van der Waals surface area contributed by atoms with Crippen LogP contribution in [0.15, 0.2) is 145 Å². The zero-order valence-electron chi connectivity index (χ0n) is 38.9. The van der Waals surface area contributed by atoms with E-state index in [4.69, 9.17) is 18.9 Å². The fourth-order valence-electron chi connectivity index (χ4n) is 6.95. The van der Waals surface area contributed by atoms with Crippen molar-refractivity contribution in [1.82, 2.24) is 0 Å². The zero-order valence-corrected chi connectivity index (χ0v) is 51.6. The van der Waals surface area contributed by atoms with Crippen molar-refractivity contribution in [2.75, 3.05) is 10.6 Å². The Labute approximate surface area is 515 Å². The van der Waals surface area contributed by atoms with Crippen molar-refractivity contribution < 1.29 is 87.3 Å². The van der Waals surface area contributed by atoms with Gasteiger partial charge >= 0.3 is 47.8 Å². The van der Waals surface area contributed by atoms with Crippen molar-refractivity contribution in [3.05, 3.63) is 201 Å². The number of anilines is 2. The Morgan fingerprint density at radius 3 is 0.713 bits per heavy atom. The lowest BCUT2D eigenvalue weighted by Gasteiger charge is -2.14. The Morgan fingerprint density at radius 1 is 0.300 bits per heavy atom. The van der Waals surface area contributed by atoms with Crippen molar-refractivity contribution in [2.45, 2.75) is 0 Å². The number of nitrogens with one attached hydrogen (secondary N) is 2. The maximum absolute atomic E-state index is 13.8. The molecule has 7 aromatic carbocycles. The summed E-state index contributed by atoms with van der Waals surface area (Å²) in [6.07, 6.45) is 0. The van der Waals surface area contributed by atoms with Crippen molar-refractivity contribution in [3.8, 4) is 23.0 Å². The van der Waals surface area contributed by atoms with Gasteiger partial charge in [0.1, 0.15) is 22.3 Å². The minimum atomic E-state index is -1.47. The molecule has 7 rings (SSSR count). The van der Waals surface area contributed by atoms with Gasteiger partial charge in [0.25, 0.3) is 11.8 Å². The third-order valence-corrected chi connectivity index (χ3v) is 14.7. The highest BCUT2D eigenvalue weighted by Gasteiger charge is 2.28. The highest BCUT2D eigenvalue weighted by Crippen LogP contribution is 2.38. The topological polar surface area (TPSA) is 313 Å². The Kier molecular flexibility index (Phi) is 19.5. The molecule has 0 aliphatic carbocycles. The second-order valence-electron chi connectivity index (χ2n) is 15.9. The Bertz CT molecular complexity index is 3420. The molecule has 2 amide bonds. The first-order chi connectivity index (χ1) is 37.7. The van der Waals surface area contributed by atoms with E-state index >= 15 is 0 Å². The van der Waals surface area contributed by atoms with Gasteiger partial charge in [-0.2, -0.15) is 0 Å². The molecule has 0 spiro atoms. The maximum atomic E-state index is 13.8.